The van der Waals surface area contributed by atoms with E-state index in [-0.39, 0.29) is 21.9 Å². The minimum Gasteiger partial charge on any atom is -0.450 e. The van der Waals surface area contributed by atoms with Gasteiger partial charge in [0.15, 0.2) is 4.67 Å². The maximum absolute atomic E-state index is 12.7. The van der Waals surface area contributed by atoms with Crippen molar-refractivity contribution in [1.29, 1.82) is 0 Å². The molecule has 2 aliphatic rings. The van der Waals surface area contributed by atoms with Crippen LogP contribution in [0.25, 0.3) is 0 Å². The minimum atomic E-state index is -3.57. The van der Waals surface area contributed by atoms with Crippen LogP contribution in [-0.2, 0) is 16.6 Å². The molecule has 0 radical (unpaired) electrons. The summed E-state index contributed by atoms with van der Waals surface area (Å²) in [6, 6.07) is 1.72. The maximum atomic E-state index is 12.7. The van der Waals surface area contributed by atoms with Crippen molar-refractivity contribution >= 4 is 26.0 Å². The van der Waals surface area contributed by atoms with Crippen molar-refractivity contribution < 1.29 is 17.9 Å². The highest BCUT2D eigenvalue weighted by Crippen LogP contribution is 2.31. The highest BCUT2D eigenvalue weighted by Gasteiger charge is 2.37. The van der Waals surface area contributed by atoms with Gasteiger partial charge in [-0.15, -0.1) is 0 Å². The normalized spacial score (nSPS) is 25.0. The monoisotopic (exact) mass is 364 g/mol. The largest absolute Gasteiger partial charge is 0.450 e. The predicted octanol–water partition coefficient (Wildman–Crippen LogP) is 1.00. The molecule has 0 bridgehead atoms. The number of hydrogen-bond acceptors (Lipinski definition) is 5. The lowest BCUT2D eigenvalue weighted by molar-refractivity contribution is 0.158. The summed E-state index contributed by atoms with van der Waals surface area (Å²) in [6.45, 7) is 2.58. The van der Waals surface area contributed by atoms with E-state index in [0.717, 1.165) is 25.9 Å². The SMILES string of the molecule is O=S(=O)(c1cc(CO)oc1Br)N1CCN2CCCC2C1. The van der Waals surface area contributed by atoms with Gasteiger partial charge in [-0.3, -0.25) is 4.90 Å². The van der Waals surface area contributed by atoms with Crippen molar-refractivity contribution in [3.63, 3.8) is 0 Å². The summed E-state index contributed by atoms with van der Waals surface area (Å²) in [4.78, 5) is 2.46. The van der Waals surface area contributed by atoms with Gasteiger partial charge in [0, 0.05) is 31.7 Å². The Morgan fingerprint density at radius 2 is 2.20 bits per heavy atom. The zero-order valence-corrected chi connectivity index (χ0v) is 13.4. The van der Waals surface area contributed by atoms with Gasteiger partial charge >= 0.3 is 0 Å². The zero-order valence-electron chi connectivity index (χ0n) is 11.0. The fourth-order valence-corrected chi connectivity index (χ4v) is 5.40. The first-order valence-corrected chi connectivity index (χ1v) is 8.89. The number of furan rings is 1. The van der Waals surface area contributed by atoms with Gasteiger partial charge in [-0.1, -0.05) is 0 Å². The lowest BCUT2D eigenvalue weighted by Gasteiger charge is -2.36. The van der Waals surface area contributed by atoms with Crippen LogP contribution in [0.3, 0.4) is 0 Å². The molecule has 1 unspecified atom stereocenters. The van der Waals surface area contributed by atoms with Crippen LogP contribution in [0.1, 0.15) is 18.6 Å². The molecule has 8 heteroatoms. The summed E-state index contributed by atoms with van der Waals surface area (Å²) < 4.78 is 32.2. The molecule has 6 nitrogen and oxygen atoms in total. The number of sulfonamides is 1. The van der Waals surface area contributed by atoms with Gasteiger partial charge in [0.2, 0.25) is 10.0 Å². The van der Waals surface area contributed by atoms with Crippen LogP contribution in [0.2, 0.25) is 0 Å². The number of rotatable bonds is 3. The van der Waals surface area contributed by atoms with Crippen LogP contribution in [0.5, 0.6) is 0 Å². The summed E-state index contributed by atoms with van der Waals surface area (Å²) in [5, 5.41) is 9.04. The number of fused-ring (bicyclic) bond motifs is 1. The first kappa shape index (κ1) is 14.5. The Labute approximate surface area is 126 Å². The van der Waals surface area contributed by atoms with Crippen LogP contribution in [0.15, 0.2) is 20.0 Å². The molecule has 3 rings (SSSR count). The molecule has 2 fully saturated rings. The van der Waals surface area contributed by atoms with Crippen LogP contribution in [0.4, 0.5) is 0 Å². The lowest BCUT2D eigenvalue weighted by Crippen LogP contribution is -2.51. The third-order valence-electron chi connectivity index (χ3n) is 4.03. The van der Waals surface area contributed by atoms with E-state index in [2.05, 4.69) is 20.8 Å². The fraction of sp³-hybridized carbons (Fsp3) is 0.667. The number of hydrogen-bond donors (Lipinski definition) is 1. The third-order valence-corrected chi connectivity index (χ3v) is 6.75. The predicted molar refractivity (Wildman–Crippen MR) is 75.7 cm³/mol. The molecule has 112 valence electrons. The highest BCUT2D eigenvalue weighted by atomic mass is 79.9. The zero-order chi connectivity index (χ0) is 14.3. The van der Waals surface area contributed by atoms with Gasteiger partial charge in [-0.05, 0) is 35.3 Å². The summed E-state index contributed by atoms with van der Waals surface area (Å²) >= 11 is 3.12. The second-order valence-corrected chi connectivity index (χ2v) is 7.83. The molecule has 1 aromatic heterocycles. The van der Waals surface area contributed by atoms with Gasteiger partial charge in [-0.25, -0.2) is 8.42 Å². The van der Waals surface area contributed by atoms with Crippen molar-refractivity contribution in [2.45, 2.75) is 30.4 Å². The molecule has 0 aliphatic carbocycles. The van der Waals surface area contributed by atoms with E-state index in [0.29, 0.717) is 19.1 Å². The van der Waals surface area contributed by atoms with Crippen molar-refractivity contribution in [2.75, 3.05) is 26.2 Å². The smallest absolute Gasteiger partial charge is 0.247 e. The number of aliphatic hydroxyl groups is 1. The Hall–Kier alpha value is -0.410. The summed E-state index contributed by atoms with van der Waals surface area (Å²) in [6.07, 6.45) is 2.20. The highest BCUT2D eigenvalue weighted by molar-refractivity contribution is 9.10. The van der Waals surface area contributed by atoms with E-state index >= 15 is 0 Å². The number of aliphatic hydroxyl groups excluding tert-OH is 1. The van der Waals surface area contributed by atoms with Gasteiger partial charge in [0.25, 0.3) is 0 Å². The van der Waals surface area contributed by atoms with E-state index < -0.39 is 10.0 Å². The Morgan fingerprint density at radius 1 is 1.40 bits per heavy atom. The van der Waals surface area contributed by atoms with E-state index in [1.165, 1.54) is 10.4 Å². The number of nitrogens with zero attached hydrogens (tertiary/aromatic N) is 2. The average molecular weight is 365 g/mol. The Balaban J connectivity index is 1.86. The van der Waals surface area contributed by atoms with Crippen LogP contribution >= 0.6 is 15.9 Å². The molecule has 0 saturated carbocycles. The Bertz CT molecular complexity index is 601. The molecule has 1 atom stereocenters. The van der Waals surface area contributed by atoms with Crippen LogP contribution < -0.4 is 0 Å². The van der Waals surface area contributed by atoms with Crippen molar-refractivity contribution in [3.05, 3.63) is 16.5 Å². The molecular weight excluding hydrogens is 348 g/mol. The topological polar surface area (TPSA) is 74.0 Å². The van der Waals surface area contributed by atoms with Crippen molar-refractivity contribution in [2.24, 2.45) is 0 Å². The molecule has 0 spiro atoms. The van der Waals surface area contributed by atoms with Crippen molar-refractivity contribution in [1.82, 2.24) is 9.21 Å². The van der Waals surface area contributed by atoms with Gasteiger partial charge in [-0.2, -0.15) is 4.31 Å². The van der Waals surface area contributed by atoms with Gasteiger partial charge < -0.3 is 9.52 Å². The molecule has 3 heterocycles. The van der Waals surface area contributed by atoms with E-state index in [9.17, 15) is 8.42 Å². The van der Waals surface area contributed by atoms with Crippen molar-refractivity contribution in [3.8, 4) is 0 Å². The summed E-state index contributed by atoms with van der Waals surface area (Å²) in [5.41, 5.74) is 0. The van der Waals surface area contributed by atoms with Gasteiger partial charge in [0.05, 0.1) is 0 Å². The first-order valence-electron chi connectivity index (χ1n) is 6.65. The minimum absolute atomic E-state index is 0.105. The third kappa shape index (κ3) is 2.43. The molecule has 1 N–H and O–H groups in total. The summed E-state index contributed by atoms with van der Waals surface area (Å²) in [5.74, 6) is 0.245. The standard InChI is InChI=1S/C12H17BrN2O4S/c13-12-11(6-10(8-16)19-12)20(17,18)15-5-4-14-3-1-2-9(14)7-15/h6,9,16H,1-5,7-8H2. The quantitative estimate of drug-likeness (QED) is 0.865. The molecular formula is C12H17BrN2O4S. The lowest BCUT2D eigenvalue weighted by atomic mass is 10.2. The first-order chi connectivity index (χ1) is 9.52. The van der Waals surface area contributed by atoms with E-state index in [1.807, 2.05) is 0 Å². The Kier molecular flexibility index (Phi) is 3.93. The molecule has 2 aliphatic heterocycles. The number of halogens is 1. The maximum Gasteiger partial charge on any atom is 0.247 e. The molecule has 0 amide bonds. The molecule has 20 heavy (non-hydrogen) atoms. The van der Waals surface area contributed by atoms with Crippen LogP contribution in [0, 0.1) is 0 Å². The van der Waals surface area contributed by atoms with Gasteiger partial charge in [0.1, 0.15) is 17.3 Å². The molecule has 2 saturated heterocycles. The van der Waals surface area contributed by atoms with E-state index in [4.69, 9.17) is 9.52 Å². The average Bonchev–Trinajstić information content (AvgIpc) is 3.03. The Morgan fingerprint density at radius 3 is 2.90 bits per heavy atom. The van der Waals surface area contributed by atoms with Crippen LogP contribution in [-0.4, -0.2) is 55.0 Å². The molecule has 1 aromatic rings. The number of piperazine rings is 1. The molecule has 0 aromatic carbocycles. The summed E-state index contributed by atoms with van der Waals surface area (Å²) in [7, 11) is -3.57. The fourth-order valence-electron chi connectivity index (χ4n) is 2.97. The van der Waals surface area contributed by atoms with E-state index in [1.54, 1.807) is 0 Å². The second-order valence-electron chi connectivity index (χ2n) is 5.20. The second kappa shape index (κ2) is 5.42.